The Hall–Kier alpha value is -2.11. The normalized spacial score (nSPS) is 10.5. The molecular weight excluding hydrogens is 309 g/mol. The van der Waals surface area contributed by atoms with Crippen LogP contribution < -0.4 is 10.1 Å². The molecule has 0 heterocycles. The largest absolute Gasteiger partial charge is 0.489 e. The van der Waals surface area contributed by atoms with Gasteiger partial charge in [-0.2, -0.15) is 0 Å². The Morgan fingerprint density at radius 2 is 2.09 bits per heavy atom. The zero-order chi connectivity index (χ0) is 15.9. The van der Waals surface area contributed by atoms with Crippen LogP contribution in [0.5, 0.6) is 5.75 Å². The molecule has 6 heteroatoms. The van der Waals surface area contributed by atoms with Gasteiger partial charge in [-0.1, -0.05) is 29.8 Å². The number of halogens is 2. The smallest absolute Gasteiger partial charge is 0.317 e. The van der Waals surface area contributed by atoms with Crippen LogP contribution in [0.25, 0.3) is 0 Å². The van der Waals surface area contributed by atoms with Crippen molar-refractivity contribution in [2.45, 2.75) is 13.2 Å². The van der Waals surface area contributed by atoms with E-state index in [-0.39, 0.29) is 19.0 Å². The van der Waals surface area contributed by atoms with Gasteiger partial charge in [0.2, 0.25) is 0 Å². The maximum absolute atomic E-state index is 13.0. The summed E-state index contributed by atoms with van der Waals surface area (Å²) in [6.07, 6.45) is 0. The molecule has 0 fully saturated rings. The molecule has 0 radical (unpaired) electrons. The minimum absolute atomic E-state index is 0.101. The Morgan fingerprint density at radius 3 is 2.82 bits per heavy atom. The van der Waals surface area contributed by atoms with E-state index in [1.807, 2.05) is 18.2 Å². The number of carbonyl (C=O) groups is 1. The number of carboxylic acids is 1. The highest BCUT2D eigenvalue weighted by Gasteiger charge is 2.04. The number of ether oxygens (including phenoxy) is 1. The molecule has 0 bridgehead atoms. The number of hydrogen-bond acceptors (Lipinski definition) is 3. The van der Waals surface area contributed by atoms with Crippen molar-refractivity contribution in [3.8, 4) is 5.75 Å². The first-order chi connectivity index (χ1) is 10.5. The Labute approximate surface area is 132 Å². The molecule has 0 spiro atoms. The lowest BCUT2D eigenvalue weighted by Crippen LogP contribution is -2.21. The number of benzene rings is 2. The average molecular weight is 324 g/mol. The van der Waals surface area contributed by atoms with E-state index in [0.717, 1.165) is 5.56 Å². The van der Waals surface area contributed by atoms with Gasteiger partial charge >= 0.3 is 5.97 Å². The van der Waals surface area contributed by atoms with E-state index in [4.69, 9.17) is 21.4 Å². The van der Waals surface area contributed by atoms with Crippen LogP contribution in [-0.4, -0.2) is 17.6 Å². The van der Waals surface area contributed by atoms with E-state index < -0.39 is 5.97 Å². The molecular formula is C16H15ClFNO3. The lowest BCUT2D eigenvalue weighted by molar-refractivity contribution is -0.135. The minimum atomic E-state index is -0.904. The highest BCUT2D eigenvalue weighted by atomic mass is 35.5. The Balaban J connectivity index is 1.93. The second-order valence-electron chi connectivity index (χ2n) is 4.67. The average Bonchev–Trinajstić information content (AvgIpc) is 2.46. The third-order valence-corrected chi connectivity index (χ3v) is 3.27. The van der Waals surface area contributed by atoms with Gasteiger partial charge in [0.1, 0.15) is 18.2 Å². The number of nitrogens with one attached hydrogen (secondary N) is 1. The van der Waals surface area contributed by atoms with Gasteiger partial charge in [0, 0.05) is 12.1 Å². The van der Waals surface area contributed by atoms with Crippen molar-refractivity contribution in [1.82, 2.24) is 5.32 Å². The predicted molar refractivity (Wildman–Crippen MR) is 81.5 cm³/mol. The zero-order valence-electron chi connectivity index (χ0n) is 11.7. The number of carboxylic acid groups (broad SMARTS) is 1. The molecule has 2 aromatic rings. The third kappa shape index (κ3) is 5.02. The molecule has 0 saturated heterocycles. The summed E-state index contributed by atoms with van der Waals surface area (Å²) in [7, 11) is 0. The van der Waals surface area contributed by atoms with Crippen molar-refractivity contribution in [2.24, 2.45) is 0 Å². The standard InChI is InChI=1S/C16H15ClFNO3/c17-15-7-13(18)5-4-12(15)10-22-14-3-1-2-11(6-14)8-19-9-16(20)21/h1-7,19H,8-10H2,(H,20,21). The molecule has 0 saturated carbocycles. The molecule has 0 unspecified atom stereocenters. The minimum Gasteiger partial charge on any atom is -0.489 e. The second kappa shape index (κ2) is 7.77. The first-order valence-corrected chi connectivity index (χ1v) is 7.00. The van der Waals surface area contributed by atoms with Crippen LogP contribution in [-0.2, 0) is 17.9 Å². The van der Waals surface area contributed by atoms with Gasteiger partial charge < -0.3 is 15.2 Å². The maximum Gasteiger partial charge on any atom is 0.317 e. The molecule has 0 aliphatic carbocycles. The molecule has 0 atom stereocenters. The summed E-state index contributed by atoms with van der Waals surface area (Å²) in [4.78, 5) is 10.4. The van der Waals surface area contributed by atoms with Crippen molar-refractivity contribution in [2.75, 3.05) is 6.54 Å². The molecule has 0 amide bonds. The fourth-order valence-electron chi connectivity index (χ4n) is 1.86. The Morgan fingerprint density at radius 1 is 1.27 bits per heavy atom. The van der Waals surface area contributed by atoms with Gasteiger partial charge in [-0.15, -0.1) is 0 Å². The lowest BCUT2D eigenvalue weighted by atomic mass is 10.2. The Kier molecular flexibility index (Phi) is 5.75. The highest BCUT2D eigenvalue weighted by molar-refractivity contribution is 6.31. The van der Waals surface area contributed by atoms with Crippen molar-refractivity contribution in [1.29, 1.82) is 0 Å². The highest BCUT2D eigenvalue weighted by Crippen LogP contribution is 2.20. The van der Waals surface area contributed by atoms with Gasteiger partial charge in [-0.05, 0) is 29.8 Å². The van der Waals surface area contributed by atoms with Gasteiger partial charge in [0.05, 0.1) is 11.6 Å². The molecule has 22 heavy (non-hydrogen) atoms. The van der Waals surface area contributed by atoms with Crippen LogP contribution in [0.2, 0.25) is 5.02 Å². The van der Waals surface area contributed by atoms with Crippen LogP contribution in [0.3, 0.4) is 0 Å². The van der Waals surface area contributed by atoms with E-state index >= 15 is 0 Å². The lowest BCUT2D eigenvalue weighted by Gasteiger charge is -2.09. The van der Waals surface area contributed by atoms with Crippen LogP contribution >= 0.6 is 11.6 Å². The number of rotatable bonds is 7. The molecule has 0 aromatic heterocycles. The summed E-state index contributed by atoms with van der Waals surface area (Å²) in [5.74, 6) is -0.659. The van der Waals surface area contributed by atoms with Crippen molar-refractivity contribution < 1.29 is 19.0 Å². The number of hydrogen-bond donors (Lipinski definition) is 2. The molecule has 2 aromatic carbocycles. The second-order valence-corrected chi connectivity index (χ2v) is 5.08. The fraction of sp³-hybridized carbons (Fsp3) is 0.188. The van der Waals surface area contributed by atoms with E-state index in [2.05, 4.69) is 5.32 Å². The van der Waals surface area contributed by atoms with Crippen LogP contribution in [0.4, 0.5) is 4.39 Å². The summed E-state index contributed by atoms with van der Waals surface area (Å²) in [6, 6.07) is 11.4. The SMILES string of the molecule is O=C(O)CNCc1cccc(OCc2ccc(F)cc2Cl)c1. The monoisotopic (exact) mass is 323 g/mol. The predicted octanol–water partition coefficient (Wildman–Crippen LogP) is 3.23. The quantitative estimate of drug-likeness (QED) is 0.821. The third-order valence-electron chi connectivity index (χ3n) is 2.91. The van der Waals surface area contributed by atoms with Crippen LogP contribution in [0.1, 0.15) is 11.1 Å². The summed E-state index contributed by atoms with van der Waals surface area (Å²) >= 11 is 5.94. The molecule has 2 rings (SSSR count). The molecule has 116 valence electrons. The molecule has 4 nitrogen and oxygen atoms in total. The maximum atomic E-state index is 13.0. The topological polar surface area (TPSA) is 58.6 Å². The summed E-state index contributed by atoms with van der Waals surface area (Å²) in [5, 5.41) is 11.7. The van der Waals surface area contributed by atoms with Gasteiger partial charge in [0.15, 0.2) is 0 Å². The summed E-state index contributed by atoms with van der Waals surface area (Å²) in [6.45, 7) is 0.558. The van der Waals surface area contributed by atoms with Gasteiger partial charge in [0.25, 0.3) is 0 Å². The van der Waals surface area contributed by atoms with E-state index in [1.54, 1.807) is 12.1 Å². The van der Waals surface area contributed by atoms with Crippen LogP contribution in [0, 0.1) is 5.82 Å². The summed E-state index contributed by atoms with van der Waals surface area (Å²) in [5.41, 5.74) is 1.60. The van der Waals surface area contributed by atoms with E-state index in [0.29, 0.717) is 22.9 Å². The van der Waals surface area contributed by atoms with Crippen LogP contribution in [0.15, 0.2) is 42.5 Å². The van der Waals surface area contributed by atoms with Crippen molar-refractivity contribution in [3.63, 3.8) is 0 Å². The first kappa shape index (κ1) is 16.3. The van der Waals surface area contributed by atoms with Crippen molar-refractivity contribution in [3.05, 3.63) is 64.4 Å². The number of aliphatic carboxylic acids is 1. The van der Waals surface area contributed by atoms with Crippen molar-refractivity contribution >= 4 is 17.6 Å². The van der Waals surface area contributed by atoms with Gasteiger partial charge in [-0.3, -0.25) is 4.79 Å². The molecule has 2 N–H and O–H groups in total. The van der Waals surface area contributed by atoms with Gasteiger partial charge in [-0.25, -0.2) is 4.39 Å². The molecule has 0 aliphatic rings. The summed E-state index contributed by atoms with van der Waals surface area (Å²) < 4.78 is 18.6. The Bertz CT molecular complexity index is 664. The molecule has 0 aliphatic heterocycles. The first-order valence-electron chi connectivity index (χ1n) is 6.63. The zero-order valence-corrected chi connectivity index (χ0v) is 12.4. The van der Waals surface area contributed by atoms with E-state index in [9.17, 15) is 9.18 Å². The van der Waals surface area contributed by atoms with E-state index in [1.165, 1.54) is 12.1 Å². The fourth-order valence-corrected chi connectivity index (χ4v) is 2.08.